The van der Waals surface area contributed by atoms with Crippen molar-refractivity contribution in [1.29, 1.82) is 0 Å². The SMILES string of the molecule is CC1CN(CC2CNc3ccccc32)CC1N(C)C. The van der Waals surface area contributed by atoms with Gasteiger partial charge in [-0.05, 0) is 31.6 Å². The van der Waals surface area contributed by atoms with Gasteiger partial charge in [-0.15, -0.1) is 0 Å². The van der Waals surface area contributed by atoms with Crippen molar-refractivity contribution in [2.24, 2.45) is 5.92 Å². The number of benzene rings is 1. The van der Waals surface area contributed by atoms with Crippen LogP contribution in [0.2, 0.25) is 0 Å². The van der Waals surface area contributed by atoms with Gasteiger partial charge < -0.3 is 15.1 Å². The maximum atomic E-state index is 3.53. The first kappa shape index (κ1) is 12.9. The molecule has 3 unspecified atom stereocenters. The fourth-order valence-electron chi connectivity index (χ4n) is 3.70. The first-order chi connectivity index (χ1) is 9.15. The first-order valence-corrected chi connectivity index (χ1v) is 7.36. The highest BCUT2D eigenvalue weighted by Gasteiger charge is 2.33. The fraction of sp³-hybridized carbons (Fsp3) is 0.625. The second-order valence-electron chi connectivity index (χ2n) is 6.39. The van der Waals surface area contributed by atoms with E-state index in [0.717, 1.165) is 12.5 Å². The molecule has 0 aromatic heterocycles. The number of likely N-dealkylation sites (N-methyl/N-ethyl adjacent to an activating group) is 1. The maximum absolute atomic E-state index is 3.53. The van der Waals surface area contributed by atoms with E-state index in [1.165, 1.54) is 30.9 Å². The number of likely N-dealkylation sites (tertiary alicyclic amines) is 1. The number of rotatable bonds is 3. The highest BCUT2D eigenvalue weighted by Crippen LogP contribution is 2.33. The highest BCUT2D eigenvalue weighted by atomic mass is 15.2. The number of nitrogens with zero attached hydrogens (tertiary/aromatic N) is 2. The average molecular weight is 259 g/mol. The Balaban J connectivity index is 1.65. The summed E-state index contributed by atoms with van der Waals surface area (Å²) < 4.78 is 0. The van der Waals surface area contributed by atoms with Gasteiger partial charge in [0.15, 0.2) is 0 Å². The minimum atomic E-state index is 0.657. The van der Waals surface area contributed by atoms with Crippen molar-refractivity contribution in [2.75, 3.05) is 45.6 Å². The molecule has 2 aliphatic heterocycles. The Hall–Kier alpha value is -1.06. The Labute approximate surface area is 116 Å². The Bertz CT molecular complexity index is 443. The van der Waals surface area contributed by atoms with Crippen LogP contribution in [0.5, 0.6) is 0 Å². The van der Waals surface area contributed by atoms with E-state index in [0.29, 0.717) is 12.0 Å². The summed E-state index contributed by atoms with van der Waals surface area (Å²) in [6, 6.07) is 9.47. The molecule has 1 saturated heterocycles. The third-order valence-corrected chi connectivity index (χ3v) is 4.73. The predicted molar refractivity (Wildman–Crippen MR) is 80.8 cm³/mol. The Morgan fingerprint density at radius 1 is 1.26 bits per heavy atom. The van der Waals surface area contributed by atoms with Crippen LogP contribution in [0.4, 0.5) is 5.69 Å². The number of hydrogen-bond donors (Lipinski definition) is 1. The van der Waals surface area contributed by atoms with Crippen LogP contribution in [0.3, 0.4) is 0 Å². The second kappa shape index (κ2) is 5.14. The minimum absolute atomic E-state index is 0.657. The van der Waals surface area contributed by atoms with Crippen LogP contribution >= 0.6 is 0 Å². The number of hydrogen-bond acceptors (Lipinski definition) is 3. The van der Waals surface area contributed by atoms with Crippen molar-refractivity contribution in [2.45, 2.75) is 18.9 Å². The lowest BCUT2D eigenvalue weighted by atomic mass is 10.0. The van der Waals surface area contributed by atoms with Gasteiger partial charge >= 0.3 is 0 Å². The standard InChI is InChI=1S/C16H25N3/c1-12-9-19(11-16(12)18(2)3)10-13-8-17-15-7-5-4-6-14(13)15/h4-7,12-13,16-17H,8-11H2,1-3H3. The number of anilines is 1. The summed E-state index contributed by atoms with van der Waals surface area (Å²) in [4.78, 5) is 5.02. The van der Waals surface area contributed by atoms with Crippen LogP contribution in [0.15, 0.2) is 24.3 Å². The molecule has 3 nitrogen and oxygen atoms in total. The van der Waals surface area contributed by atoms with Gasteiger partial charge in [-0.3, -0.25) is 0 Å². The molecule has 104 valence electrons. The lowest BCUT2D eigenvalue weighted by Gasteiger charge is -2.23. The van der Waals surface area contributed by atoms with Gasteiger partial charge in [0.2, 0.25) is 0 Å². The Kier molecular flexibility index (Phi) is 3.50. The zero-order valence-corrected chi connectivity index (χ0v) is 12.3. The summed E-state index contributed by atoms with van der Waals surface area (Å²) >= 11 is 0. The molecule has 0 amide bonds. The number of nitrogens with one attached hydrogen (secondary N) is 1. The normalized spacial score (nSPS) is 30.6. The fourth-order valence-corrected chi connectivity index (χ4v) is 3.70. The minimum Gasteiger partial charge on any atom is -0.384 e. The van der Waals surface area contributed by atoms with Crippen molar-refractivity contribution < 1.29 is 0 Å². The van der Waals surface area contributed by atoms with E-state index in [1.54, 1.807) is 0 Å². The van der Waals surface area contributed by atoms with E-state index in [4.69, 9.17) is 0 Å². The molecule has 19 heavy (non-hydrogen) atoms. The average Bonchev–Trinajstić information content (AvgIpc) is 2.95. The van der Waals surface area contributed by atoms with Crippen molar-refractivity contribution in [1.82, 2.24) is 9.80 Å². The van der Waals surface area contributed by atoms with E-state index >= 15 is 0 Å². The molecule has 2 heterocycles. The molecule has 0 saturated carbocycles. The van der Waals surface area contributed by atoms with Gasteiger partial charge in [-0.25, -0.2) is 0 Å². The zero-order chi connectivity index (χ0) is 13.4. The van der Waals surface area contributed by atoms with E-state index in [2.05, 4.69) is 60.4 Å². The summed E-state index contributed by atoms with van der Waals surface area (Å²) in [5.41, 5.74) is 2.84. The number of fused-ring (bicyclic) bond motifs is 1. The van der Waals surface area contributed by atoms with Crippen LogP contribution < -0.4 is 5.32 Å². The van der Waals surface area contributed by atoms with Gasteiger partial charge in [0.1, 0.15) is 0 Å². The van der Waals surface area contributed by atoms with Crippen LogP contribution in [0.1, 0.15) is 18.4 Å². The molecule has 0 radical (unpaired) electrons. The second-order valence-corrected chi connectivity index (χ2v) is 6.39. The summed E-state index contributed by atoms with van der Waals surface area (Å²) in [6.45, 7) is 7.12. The molecule has 0 bridgehead atoms. The quantitative estimate of drug-likeness (QED) is 0.896. The Morgan fingerprint density at radius 3 is 2.79 bits per heavy atom. The smallest absolute Gasteiger partial charge is 0.0376 e. The van der Waals surface area contributed by atoms with E-state index in [-0.39, 0.29) is 0 Å². The molecule has 3 rings (SSSR count). The van der Waals surface area contributed by atoms with Crippen molar-refractivity contribution in [3.63, 3.8) is 0 Å². The predicted octanol–water partition coefficient (Wildman–Crippen LogP) is 2.08. The number of para-hydroxylation sites is 1. The molecule has 2 aliphatic rings. The van der Waals surface area contributed by atoms with Crippen molar-refractivity contribution in [3.05, 3.63) is 29.8 Å². The summed E-state index contributed by atoms with van der Waals surface area (Å²) in [7, 11) is 4.41. The van der Waals surface area contributed by atoms with Gasteiger partial charge in [0.25, 0.3) is 0 Å². The highest BCUT2D eigenvalue weighted by molar-refractivity contribution is 5.57. The van der Waals surface area contributed by atoms with Gasteiger partial charge in [0, 0.05) is 43.8 Å². The van der Waals surface area contributed by atoms with Crippen LogP contribution in [0.25, 0.3) is 0 Å². The van der Waals surface area contributed by atoms with Crippen LogP contribution in [-0.4, -0.2) is 56.1 Å². The van der Waals surface area contributed by atoms with Crippen molar-refractivity contribution >= 4 is 5.69 Å². The molecule has 1 aromatic rings. The van der Waals surface area contributed by atoms with Gasteiger partial charge in [-0.2, -0.15) is 0 Å². The molecule has 1 aromatic carbocycles. The third kappa shape index (κ3) is 2.49. The molecule has 3 atom stereocenters. The van der Waals surface area contributed by atoms with Gasteiger partial charge in [0.05, 0.1) is 0 Å². The lowest BCUT2D eigenvalue weighted by Crippen LogP contribution is -2.35. The molecular weight excluding hydrogens is 234 g/mol. The largest absolute Gasteiger partial charge is 0.384 e. The molecule has 0 aliphatic carbocycles. The first-order valence-electron chi connectivity index (χ1n) is 7.36. The topological polar surface area (TPSA) is 18.5 Å². The third-order valence-electron chi connectivity index (χ3n) is 4.73. The van der Waals surface area contributed by atoms with E-state index in [9.17, 15) is 0 Å². The molecular formula is C16H25N3. The lowest BCUT2D eigenvalue weighted by molar-refractivity contribution is 0.249. The molecule has 1 N–H and O–H groups in total. The van der Waals surface area contributed by atoms with E-state index < -0.39 is 0 Å². The molecule has 3 heteroatoms. The van der Waals surface area contributed by atoms with Crippen molar-refractivity contribution in [3.8, 4) is 0 Å². The summed E-state index contributed by atoms with van der Waals surface area (Å²) in [5.74, 6) is 1.43. The zero-order valence-electron chi connectivity index (χ0n) is 12.3. The van der Waals surface area contributed by atoms with Crippen LogP contribution in [0, 0.1) is 5.92 Å². The maximum Gasteiger partial charge on any atom is 0.0376 e. The molecule has 0 spiro atoms. The molecule has 1 fully saturated rings. The van der Waals surface area contributed by atoms with Crippen LogP contribution in [-0.2, 0) is 0 Å². The monoisotopic (exact) mass is 259 g/mol. The summed E-state index contributed by atoms with van der Waals surface area (Å²) in [6.07, 6.45) is 0. The Morgan fingerprint density at radius 2 is 2.05 bits per heavy atom. The summed E-state index contributed by atoms with van der Waals surface area (Å²) in [5, 5.41) is 3.53. The van der Waals surface area contributed by atoms with E-state index in [1.807, 2.05) is 0 Å². The van der Waals surface area contributed by atoms with Gasteiger partial charge in [-0.1, -0.05) is 25.1 Å².